The van der Waals surface area contributed by atoms with E-state index in [1.54, 1.807) is 16.9 Å². The zero-order chi connectivity index (χ0) is 11.0. The van der Waals surface area contributed by atoms with E-state index in [1.807, 2.05) is 31.2 Å². The van der Waals surface area contributed by atoms with Gasteiger partial charge in [-0.2, -0.15) is 35.4 Å². The molecule has 0 saturated heterocycles. The number of imidazole rings is 1. The van der Waals surface area contributed by atoms with Gasteiger partial charge in [0.1, 0.15) is 0 Å². The fourth-order valence-corrected chi connectivity index (χ4v) is 1.60. The second-order valence-electron chi connectivity index (χ2n) is 3.55. The van der Waals surface area contributed by atoms with E-state index in [0.29, 0.717) is 5.78 Å². The summed E-state index contributed by atoms with van der Waals surface area (Å²) in [5, 5.41) is 4.29. The second-order valence-corrected chi connectivity index (χ2v) is 3.55. The van der Waals surface area contributed by atoms with Gasteiger partial charge in [-0.1, -0.05) is 0 Å². The molecular weight excluding hydrogens is 301 g/mol. The van der Waals surface area contributed by atoms with Gasteiger partial charge in [-0.25, -0.2) is 14.5 Å². The molecule has 0 fully saturated rings. The Morgan fingerprint density at radius 1 is 1.28 bits per heavy atom. The molecule has 3 rings (SSSR count). The minimum absolute atomic E-state index is 0. The summed E-state index contributed by atoms with van der Waals surface area (Å²) >= 11 is 0. The number of aromatic nitrogens is 4. The Kier molecular flexibility index (Phi) is 5.11. The normalized spacial score (nSPS) is 9.61. The van der Waals surface area contributed by atoms with Crippen LogP contribution in [0.15, 0.2) is 36.7 Å². The Hall–Kier alpha value is -1.13. The van der Waals surface area contributed by atoms with Crippen molar-refractivity contribution in [3.05, 3.63) is 55.8 Å². The van der Waals surface area contributed by atoms with E-state index < -0.39 is 0 Å². The van der Waals surface area contributed by atoms with E-state index >= 15 is 0 Å². The molecule has 86 valence electrons. The van der Waals surface area contributed by atoms with E-state index in [2.05, 4.69) is 21.1 Å². The number of hydrogen-bond acceptors (Lipinski definition) is 3. The molecule has 0 radical (unpaired) electrons. The molecular formula is C13H12N4Y+. The molecule has 0 amide bonds. The molecule has 0 N–H and O–H groups in total. The van der Waals surface area contributed by atoms with Crippen LogP contribution in [0.25, 0.3) is 17.0 Å². The number of rotatable bonds is 1. The van der Waals surface area contributed by atoms with Crippen molar-refractivity contribution in [2.45, 2.75) is 6.92 Å². The van der Waals surface area contributed by atoms with E-state index in [1.165, 1.54) is 0 Å². The Morgan fingerprint density at radius 2 is 2.11 bits per heavy atom. The van der Waals surface area contributed by atoms with Gasteiger partial charge in [0.2, 0.25) is 5.78 Å². The van der Waals surface area contributed by atoms with Crippen LogP contribution in [0.3, 0.4) is 0 Å². The predicted octanol–water partition coefficient (Wildman–Crippen LogP) is 2.35. The van der Waals surface area contributed by atoms with Crippen molar-refractivity contribution in [3.63, 3.8) is 0 Å². The van der Waals surface area contributed by atoms with Crippen LogP contribution in [-0.2, 0) is 32.7 Å². The first-order valence-electron chi connectivity index (χ1n) is 4.98. The van der Waals surface area contributed by atoms with Gasteiger partial charge in [0.05, 0.1) is 11.9 Å². The smallest absolute Gasteiger partial charge is 0.358 e. The van der Waals surface area contributed by atoms with Crippen LogP contribution in [0.5, 0.6) is 0 Å². The van der Waals surface area contributed by atoms with Crippen LogP contribution in [0.1, 0.15) is 5.69 Å². The van der Waals surface area contributed by atoms with Crippen LogP contribution in [0, 0.1) is 20.4 Å². The van der Waals surface area contributed by atoms with Crippen LogP contribution in [0.2, 0.25) is 0 Å². The van der Waals surface area contributed by atoms with Gasteiger partial charge in [-0.05, 0) is 6.92 Å². The maximum atomic E-state index is 4.30. The van der Waals surface area contributed by atoms with Crippen molar-refractivity contribution in [1.29, 1.82) is 0 Å². The zero-order valence-electron chi connectivity index (χ0n) is 10.3. The summed E-state index contributed by atoms with van der Waals surface area (Å²) in [7, 11) is 0. The number of benzene rings is 1. The maximum absolute atomic E-state index is 4.30. The largest absolute Gasteiger partial charge is 3.00 e. The zero-order valence-corrected chi connectivity index (χ0v) is 13.2. The maximum Gasteiger partial charge on any atom is 3.00 e. The fourth-order valence-electron chi connectivity index (χ4n) is 1.60. The first-order valence-corrected chi connectivity index (χ1v) is 4.98. The van der Waals surface area contributed by atoms with Crippen molar-refractivity contribution in [1.82, 2.24) is 19.6 Å². The first kappa shape index (κ1) is 14.9. The summed E-state index contributed by atoms with van der Waals surface area (Å²) < 4.78 is 1.73. The first-order chi connectivity index (χ1) is 7.84. The molecule has 0 aliphatic rings. The van der Waals surface area contributed by atoms with Gasteiger partial charge in [0.15, 0.2) is 0 Å². The van der Waals surface area contributed by atoms with Crippen LogP contribution in [-0.4, -0.2) is 19.6 Å². The van der Waals surface area contributed by atoms with E-state index in [9.17, 15) is 0 Å². The third-order valence-electron chi connectivity index (χ3n) is 2.36. The standard InChI is InChI=1S/C12H9N4.CH3.Y/c1-9-7-14-16-11(8-13-12(16)15-9)10-5-3-2-4-6-10;;/h2-3,5-8H,1H3;1H3;/q2*-1;+3. The molecule has 0 aliphatic heterocycles. The molecule has 0 unspecified atom stereocenters. The second kappa shape index (κ2) is 6.16. The van der Waals surface area contributed by atoms with Gasteiger partial charge >= 0.3 is 32.7 Å². The summed E-state index contributed by atoms with van der Waals surface area (Å²) in [6.07, 6.45) is 3.50. The molecule has 3 aromatic rings. The molecule has 0 atom stereocenters. The number of fused-ring (bicyclic) bond motifs is 1. The third-order valence-corrected chi connectivity index (χ3v) is 2.36. The van der Waals surface area contributed by atoms with Crippen molar-refractivity contribution >= 4 is 5.78 Å². The van der Waals surface area contributed by atoms with Gasteiger partial charge in [-0.15, -0.1) is 5.56 Å². The molecule has 0 spiro atoms. The van der Waals surface area contributed by atoms with Gasteiger partial charge in [0, 0.05) is 11.9 Å². The van der Waals surface area contributed by atoms with Gasteiger partial charge in [-0.3, -0.25) is 0 Å². The summed E-state index contributed by atoms with van der Waals surface area (Å²) in [5.74, 6) is 0.624. The summed E-state index contributed by atoms with van der Waals surface area (Å²) in [4.78, 5) is 8.53. The third kappa shape index (κ3) is 2.65. The van der Waals surface area contributed by atoms with Crippen molar-refractivity contribution in [3.8, 4) is 11.3 Å². The number of aryl methyl sites for hydroxylation is 1. The average molecular weight is 313 g/mol. The molecule has 2 heterocycles. The van der Waals surface area contributed by atoms with E-state index in [-0.39, 0.29) is 40.1 Å². The van der Waals surface area contributed by atoms with Crippen LogP contribution in [0.4, 0.5) is 0 Å². The fraction of sp³-hybridized carbons (Fsp3) is 0.0769. The minimum Gasteiger partial charge on any atom is -0.358 e. The molecule has 0 bridgehead atoms. The molecule has 18 heavy (non-hydrogen) atoms. The van der Waals surface area contributed by atoms with Crippen molar-refractivity contribution in [2.75, 3.05) is 0 Å². The van der Waals surface area contributed by atoms with Crippen molar-refractivity contribution in [2.24, 2.45) is 0 Å². The van der Waals surface area contributed by atoms with E-state index in [4.69, 9.17) is 0 Å². The molecule has 0 aliphatic carbocycles. The Labute approximate surface area is 131 Å². The van der Waals surface area contributed by atoms with Crippen LogP contribution < -0.4 is 0 Å². The summed E-state index contributed by atoms with van der Waals surface area (Å²) in [6, 6.07) is 10.7. The molecule has 1 aromatic carbocycles. The Bertz CT molecular complexity index is 634. The Balaban J connectivity index is 0.000000810. The van der Waals surface area contributed by atoms with Gasteiger partial charge < -0.3 is 7.43 Å². The average Bonchev–Trinajstić information content (AvgIpc) is 2.73. The number of hydrogen-bond donors (Lipinski definition) is 0. The van der Waals surface area contributed by atoms with Gasteiger partial charge in [0.25, 0.3) is 0 Å². The molecule has 2 aromatic heterocycles. The molecule has 5 heteroatoms. The quantitative estimate of drug-likeness (QED) is 0.648. The monoisotopic (exact) mass is 313 g/mol. The topological polar surface area (TPSA) is 43.1 Å². The minimum atomic E-state index is 0. The summed E-state index contributed by atoms with van der Waals surface area (Å²) in [5.41, 5.74) is 2.83. The Morgan fingerprint density at radius 3 is 2.83 bits per heavy atom. The van der Waals surface area contributed by atoms with Crippen LogP contribution >= 0.6 is 0 Å². The summed E-state index contributed by atoms with van der Waals surface area (Å²) in [6.45, 7) is 1.90. The number of nitrogens with zero attached hydrogens (tertiary/aromatic N) is 4. The predicted molar refractivity (Wildman–Crippen MR) is 66.2 cm³/mol. The molecule has 0 saturated carbocycles. The van der Waals surface area contributed by atoms with E-state index in [0.717, 1.165) is 17.0 Å². The van der Waals surface area contributed by atoms with Crippen molar-refractivity contribution < 1.29 is 32.7 Å². The molecule has 4 nitrogen and oxygen atoms in total. The SMILES string of the molecule is Cc1cnn2c(-c3c[c-]ccc3)cnc2n1.[CH3-].[Y+3].